The topological polar surface area (TPSA) is 15.3 Å². The van der Waals surface area contributed by atoms with Gasteiger partial charge in [0.1, 0.15) is 0 Å². The summed E-state index contributed by atoms with van der Waals surface area (Å²) < 4.78 is 0. The predicted molar refractivity (Wildman–Crippen MR) is 80.9 cm³/mol. The Bertz CT molecular complexity index is 240. The van der Waals surface area contributed by atoms with Gasteiger partial charge < -0.3 is 10.2 Å². The van der Waals surface area contributed by atoms with Gasteiger partial charge in [0.2, 0.25) is 0 Å². The molecular formula is C16H34N2. The molecule has 0 saturated carbocycles. The maximum absolute atomic E-state index is 3.81. The van der Waals surface area contributed by atoms with Crippen LogP contribution in [0.5, 0.6) is 0 Å². The standard InChI is InChI=1S/C16H34N2/c1-12(2)17-15-9-11-18(13(3)4)10-8-14(15)16(5,6)7/h12-15,17H,8-11H2,1-7H3/t14-,15?/m1/s1. The number of hydrogen-bond donors (Lipinski definition) is 1. The van der Waals surface area contributed by atoms with Crippen molar-refractivity contribution >= 4 is 0 Å². The first-order chi connectivity index (χ1) is 8.21. The Morgan fingerprint density at radius 3 is 2.00 bits per heavy atom. The molecule has 1 rings (SSSR count). The molecule has 0 aromatic heterocycles. The minimum Gasteiger partial charge on any atom is -0.311 e. The first kappa shape index (κ1) is 16.0. The van der Waals surface area contributed by atoms with Crippen molar-refractivity contribution in [3.8, 4) is 0 Å². The molecule has 0 bridgehead atoms. The van der Waals surface area contributed by atoms with Crippen LogP contribution in [0.4, 0.5) is 0 Å². The molecule has 18 heavy (non-hydrogen) atoms. The minimum atomic E-state index is 0.402. The van der Waals surface area contributed by atoms with Crippen molar-refractivity contribution in [3.63, 3.8) is 0 Å². The largest absolute Gasteiger partial charge is 0.311 e. The zero-order valence-corrected chi connectivity index (χ0v) is 13.6. The van der Waals surface area contributed by atoms with Crippen LogP contribution < -0.4 is 5.32 Å². The normalized spacial score (nSPS) is 27.8. The first-order valence-corrected chi connectivity index (χ1v) is 7.72. The fourth-order valence-corrected chi connectivity index (χ4v) is 3.30. The SMILES string of the molecule is CC(C)NC1CCN(C(C)C)CC[C@H]1C(C)(C)C. The molecule has 0 aromatic rings. The van der Waals surface area contributed by atoms with Gasteiger partial charge in [0.15, 0.2) is 0 Å². The molecule has 1 aliphatic rings. The maximum atomic E-state index is 3.81. The molecule has 2 atom stereocenters. The zero-order chi connectivity index (χ0) is 13.9. The van der Waals surface area contributed by atoms with Gasteiger partial charge in [-0.05, 0) is 51.1 Å². The minimum absolute atomic E-state index is 0.402. The van der Waals surface area contributed by atoms with Gasteiger partial charge in [0.25, 0.3) is 0 Å². The smallest absolute Gasteiger partial charge is 0.0115 e. The highest BCUT2D eigenvalue weighted by Gasteiger charge is 2.34. The molecular weight excluding hydrogens is 220 g/mol. The molecule has 1 saturated heterocycles. The van der Waals surface area contributed by atoms with E-state index in [1.807, 2.05) is 0 Å². The summed E-state index contributed by atoms with van der Waals surface area (Å²) in [5, 5.41) is 3.81. The number of nitrogens with zero attached hydrogens (tertiary/aromatic N) is 1. The number of hydrogen-bond acceptors (Lipinski definition) is 2. The van der Waals surface area contributed by atoms with E-state index in [0.717, 1.165) is 5.92 Å². The highest BCUT2D eigenvalue weighted by molar-refractivity contribution is 4.90. The predicted octanol–water partition coefficient (Wildman–Crippen LogP) is 3.52. The second-order valence-corrected chi connectivity index (χ2v) is 7.61. The van der Waals surface area contributed by atoms with E-state index in [0.29, 0.717) is 23.5 Å². The van der Waals surface area contributed by atoms with Crippen molar-refractivity contribution in [2.75, 3.05) is 13.1 Å². The average Bonchev–Trinajstić information content (AvgIpc) is 2.38. The van der Waals surface area contributed by atoms with Gasteiger partial charge in [0.05, 0.1) is 0 Å². The molecule has 0 aromatic carbocycles. The first-order valence-electron chi connectivity index (χ1n) is 7.72. The van der Waals surface area contributed by atoms with E-state index in [9.17, 15) is 0 Å². The van der Waals surface area contributed by atoms with Crippen LogP contribution in [0.2, 0.25) is 0 Å². The van der Waals surface area contributed by atoms with Gasteiger partial charge in [0, 0.05) is 18.1 Å². The summed E-state index contributed by atoms with van der Waals surface area (Å²) in [5.41, 5.74) is 0.402. The highest BCUT2D eigenvalue weighted by Crippen LogP contribution is 2.35. The third-order valence-electron chi connectivity index (χ3n) is 4.33. The molecule has 0 amide bonds. The van der Waals surface area contributed by atoms with Crippen molar-refractivity contribution in [2.24, 2.45) is 11.3 Å². The summed E-state index contributed by atoms with van der Waals surface area (Å²) in [7, 11) is 0. The van der Waals surface area contributed by atoms with Crippen LogP contribution in [-0.2, 0) is 0 Å². The summed E-state index contributed by atoms with van der Waals surface area (Å²) in [6, 6.07) is 1.95. The molecule has 0 radical (unpaired) electrons. The lowest BCUT2D eigenvalue weighted by Gasteiger charge is -2.37. The summed E-state index contributed by atoms with van der Waals surface area (Å²) in [4.78, 5) is 2.64. The van der Waals surface area contributed by atoms with Crippen LogP contribution in [0.3, 0.4) is 0 Å². The van der Waals surface area contributed by atoms with Crippen molar-refractivity contribution in [3.05, 3.63) is 0 Å². The molecule has 1 heterocycles. The van der Waals surface area contributed by atoms with E-state index in [4.69, 9.17) is 0 Å². The highest BCUT2D eigenvalue weighted by atomic mass is 15.2. The van der Waals surface area contributed by atoms with Crippen molar-refractivity contribution in [1.29, 1.82) is 0 Å². The monoisotopic (exact) mass is 254 g/mol. The molecule has 2 heteroatoms. The van der Waals surface area contributed by atoms with Crippen LogP contribution >= 0.6 is 0 Å². The molecule has 1 fully saturated rings. The Morgan fingerprint density at radius 1 is 1.00 bits per heavy atom. The maximum Gasteiger partial charge on any atom is 0.0115 e. The van der Waals surface area contributed by atoms with Gasteiger partial charge in [-0.3, -0.25) is 0 Å². The molecule has 108 valence electrons. The van der Waals surface area contributed by atoms with E-state index in [2.05, 4.69) is 58.7 Å². The van der Waals surface area contributed by atoms with Crippen LogP contribution in [0.1, 0.15) is 61.3 Å². The van der Waals surface area contributed by atoms with Crippen molar-refractivity contribution in [1.82, 2.24) is 10.2 Å². The quantitative estimate of drug-likeness (QED) is 0.829. The van der Waals surface area contributed by atoms with E-state index in [1.54, 1.807) is 0 Å². The van der Waals surface area contributed by atoms with Crippen LogP contribution in [0, 0.1) is 11.3 Å². The lowest BCUT2D eigenvalue weighted by atomic mass is 9.74. The molecule has 1 N–H and O–H groups in total. The molecule has 1 unspecified atom stereocenters. The van der Waals surface area contributed by atoms with E-state index >= 15 is 0 Å². The van der Waals surface area contributed by atoms with Crippen molar-refractivity contribution < 1.29 is 0 Å². The fourth-order valence-electron chi connectivity index (χ4n) is 3.30. The van der Waals surface area contributed by atoms with Crippen LogP contribution in [0.15, 0.2) is 0 Å². The summed E-state index contributed by atoms with van der Waals surface area (Å²) >= 11 is 0. The molecule has 0 aliphatic carbocycles. The Hall–Kier alpha value is -0.0800. The lowest BCUT2D eigenvalue weighted by Crippen LogP contribution is -2.45. The van der Waals surface area contributed by atoms with Gasteiger partial charge in [-0.2, -0.15) is 0 Å². The van der Waals surface area contributed by atoms with Gasteiger partial charge in [-0.15, -0.1) is 0 Å². The number of nitrogens with one attached hydrogen (secondary N) is 1. The Morgan fingerprint density at radius 2 is 1.56 bits per heavy atom. The van der Waals surface area contributed by atoms with Crippen molar-refractivity contribution in [2.45, 2.75) is 79.4 Å². The molecule has 2 nitrogen and oxygen atoms in total. The second-order valence-electron chi connectivity index (χ2n) is 7.61. The van der Waals surface area contributed by atoms with Crippen LogP contribution in [-0.4, -0.2) is 36.1 Å². The Labute approximate surface area is 115 Å². The molecule has 1 aliphatic heterocycles. The van der Waals surface area contributed by atoms with Gasteiger partial charge in [-0.1, -0.05) is 34.6 Å². The zero-order valence-electron chi connectivity index (χ0n) is 13.6. The summed E-state index contributed by atoms with van der Waals surface area (Å²) in [5.74, 6) is 0.781. The summed E-state index contributed by atoms with van der Waals surface area (Å²) in [6.07, 6.45) is 2.62. The third kappa shape index (κ3) is 4.55. The van der Waals surface area contributed by atoms with E-state index in [-0.39, 0.29) is 0 Å². The van der Waals surface area contributed by atoms with Crippen LogP contribution in [0.25, 0.3) is 0 Å². The number of likely N-dealkylation sites (tertiary alicyclic amines) is 1. The lowest BCUT2D eigenvalue weighted by molar-refractivity contribution is 0.162. The second kappa shape index (κ2) is 6.38. The number of rotatable bonds is 3. The van der Waals surface area contributed by atoms with Gasteiger partial charge in [-0.25, -0.2) is 0 Å². The van der Waals surface area contributed by atoms with E-state index in [1.165, 1.54) is 25.9 Å². The molecule has 0 spiro atoms. The Kier molecular flexibility index (Phi) is 5.67. The fraction of sp³-hybridized carbons (Fsp3) is 1.00. The van der Waals surface area contributed by atoms with Gasteiger partial charge >= 0.3 is 0 Å². The third-order valence-corrected chi connectivity index (χ3v) is 4.33. The Balaban J connectivity index is 2.77. The average molecular weight is 254 g/mol. The summed E-state index contributed by atoms with van der Waals surface area (Å²) in [6.45, 7) is 18.9. The van der Waals surface area contributed by atoms with E-state index < -0.39 is 0 Å².